The Morgan fingerprint density at radius 2 is 1.97 bits per heavy atom. The number of benzene rings is 2. The fourth-order valence-corrected chi connectivity index (χ4v) is 4.71. The predicted octanol–water partition coefficient (Wildman–Crippen LogP) is 4.61. The molecule has 4 rings (SSSR count). The molecule has 0 atom stereocenters. The SMILES string of the molecule is CCNC(=O)NCCCn1c(-c2ccc3c(c2)OCO3)cs/c1=N\c1ccc(SC)cc1. The average molecular weight is 471 g/mol. The van der Waals surface area contributed by atoms with Crippen molar-refractivity contribution < 1.29 is 14.3 Å². The van der Waals surface area contributed by atoms with E-state index in [2.05, 4.69) is 39.0 Å². The van der Waals surface area contributed by atoms with Crippen molar-refractivity contribution in [2.45, 2.75) is 24.8 Å². The van der Waals surface area contributed by atoms with Gasteiger partial charge in [-0.1, -0.05) is 0 Å². The number of amides is 2. The molecule has 0 bridgehead atoms. The van der Waals surface area contributed by atoms with E-state index in [0.717, 1.165) is 46.2 Å². The van der Waals surface area contributed by atoms with Crippen LogP contribution >= 0.6 is 23.1 Å². The molecule has 1 aromatic heterocycles. The third-order valence-electron chi connectivity index (χ3n) is 4.94. The Labute approximate surface area is 195 Å². The molecule has 0 aliphatic carbocycles. The first kappa shape index (κ1) is 22.3. The molecule has 0 unspecified atom stereocenters. The number of carbonyl (C=O) groups excluding carboxylic acids is 1. The number of aromatic nitrogens is 1. The number of fused-ring (bicyclic) bond motifs is 1. The average Bonchev–Trinajstić information content (AvgIpc) is 3.44. The Balaban J connectivity index is 1.62. The van der Waals surface area contributed by atoms with E-state index in [9.17, 15) is 4.79 Å². The summed E-state index contributed by atoms with van der Waals surface area (Å²) >= 11 is 3.31. The number of carbonyl (C=O) groups is 1. The highest BCUT2D eigenvalue weighted by atomic mass is 32.2. The second-order valence-electron chi connectivity index (χ2n) is 7.07. The minimum atomic E-state index is -0.141. The van der Waals surface area contributed by atoms with Gasteiger partial charge in [0.25, 0.3) is 0 Å². The molecule has 2 N–H and O–H groups in total. The summed E-state index contributed by atoms with van der Waals surface area (Å²) in [6, 6.07) is 14.1. The van der Waals surface area contributed by atoms with E-state index in [-0.39, 0.29) is 12.8 Å². The molecular formula is C23H26N4O3S2. The summed E-state index contributed by atoms with van der Waals surface area (Å²) in [4.78, 5) is 18.7. The van der Waals surface area contributed by atoms with Crippen LogP contribution in [0.3, 0.4) is 0 Å². The van der Waals surface area contributed by atoms with Crippen LogP contribution in [-0.4, -0.2) is 36.7 Å². The van der Waals surface area contributed by atoms with E-state index in [1.807, 2.05) is 37.3 Å². The van der Waals surface area contributed by atoms with E-state index in [1.165, 1.54) is 4.90 Å². The first-order chi connectivity index (χ1) is 15.7. The topological polar surface area (TPSA) is 76.9 Å². The van der Waals surface area contributed by atoms with Gasteiger partial charge in [-0.05, 0) is 62.1 Å². The van der Waals surface area contributed by atoms with Gasteiger partial charge in [0.1, 0.15) is 0 Å². The molecule has 0 spiro atoms. The molecule has 2 aromatic carbocycles. The van der Waals surface area contributed by atoms with Crippen molar-refractivity contribution in [3.05, 3.63) is 52.6 Å². The summed E-state index contributed by atoms with van der Waals surface area (Å²) in [7, 11) is 0. The maximum Gasteiger partial charge on any atom is 0.314 e. The number of ether oxygens (including phenoxy) is 2. The highest BCUT2D eigenvalue weighted by Gasteiger charge is 2.16. The van der Waals surface area contributed by atoms with E-state index < -0.39 is 0 Å². The van der Waals surface area contributed by atoms with Crippen molar-refractivity contribution in [3.63, 3.8) is 0 Å². The van der Waals surface area contributed by atoms with Gasteiger partial charge in [0.05, 0.1) is 11.4 Å². The number of rotatable bonds is 8. The minimum absolute atomic E-state index is 0.141. The van der Waals surface area contributed by atoms with Crippen LogP contribution in [0.1, 0.15) is 13.3 Å². The van der Waals surface area contributed by atoms with Crippen LogP contribution in [0.4, 0.5) is 10.5 Å². The molecule has 9 heteroatoms. The molecule has 0 saturated heterocycles. The smallest absolute Gasteiger partial charge is 0.314 e. The maximum atomic E-state index is 11.7. The number of nitrogens with one attached hydrogen (secondary N) is 2. The van der Waals surface area contributed by atoms with Crippen LogP contribution in [0, 0.1) is 0 Å². The molecule has 2 amide bonds. The number of urea groups is 1. The van der Waals surface area contributed by atoms with Gasteiger partial charge in [0.2, 0.25) is 6.79 Å². The van der Waals surface area contributed by atoms with Gasteiger partial charge in [0, 0.05) is 35.5 Å². The van der Waals surface area contributed by atoms with Crippen molar-refractivity contribution in [3.8, 4) is 22.8 Å². The predicted molar refractivity (Wildman–Crippen MR) is 129 cm³/mol. The number of nitrogens with zero attached hydrogens (tertiary/aromatic N) is 2. The molecule has 1 aliphatic heterocycles. The van der Waals surface area contributed by atoms with Crippen molar-refractivity contribution in [2.24, 2.45) is 4.99 Å². The quantitative estimate of drug-likeness (QED) is 0.372. The van der Waals surface area contributed by atoms with Crippen molar-refractivity contribution in [1.29, 1.82) is 0 Å². The molecule has 1 aliphatic rings. The number of hydrogen-bond acceptors (Lipinski definition) is 6. The molecule has 2 heterocycles. The number of hydrogen-bond donors (Lipinski definition) is 2. The standard InChI is InChI=1S/C23H26N4O3S2/c1-3-24-22(28)25-11-4-12-27-19(16-5-10-20-21(13-16)30-15-29-20)14-32-23(27)26-17-6-8-18(31-2)9-7-17/h5-10,13-14H,3-4,11-12,15H2,1-2H3,(H2,24,25,28)/b26-23-. The van der Waals surface area contributed by atoms with Crippen molar-refractivity contribution >= 4 is 34.8 Å². The van der Waals surface area contributed by atoms with Crippen molar-refractivity contribution in [1.82, 2.24) is 15.2 Å². The Hall–Kier alpha value is -2.91. The zero-order chi connectivity index (χ0) is 22.3. The maximum absolute atomic E-state index is 11.7. The highest BCUT2D eigenvalue weighted by Crippen LogP contribution is 2.36. The lowest BCUT2D eigenvalue weighted by atomic mass is 10.1. The third-order valence-corrected chi connectivity index (χ3v) is 6.55. The first-order valence-electron chi connectivity index (χ1n) is 10.5. The van der Waals surface area contributed by atoms with Gasteiger partial charge in [-0.25, -0.2) is 9.79 Å². The van der Waals surface area contributed by atoms with Gasteiger partial charge < -0.3 is 24.7 Å². The van der Waals surface area contributed by atoms with Crippen LogP contribution < -0.4 is 24.9 Å². The number of thiazole rings is 1. The summed E-state index contributed by atoms with van der Waals surface area (Å²) < 4.78 is 13.2. The molecule has 32 heavy (non-hydrogen) atoms. The molecule has 7 nitrogen and oxygen atoms in total. The fraction of sp³-hybridized carbons (Fsp3) is 0.304. The van der Waals surface area contributed by atoms with Gasteiger partial charge in [-0.2, -0.15) is 0 Å². The van der Waals surface area contributed by atoms with Gasteiger partial charge in [0.15, 0.2) is 16.3 Å². The van der Waals surface area contributed by atoms with Crippen LogP contribution in [0.25, 0.3) is 11.3 Å². The highest BCUT2D eigenvalue weighted by molar-refractivity contribution is 7.98. The monoisotopic (exact) mass is 470 g/mol. The van der Waals surface area contributed by atoms with E-state index in [4.69, 9.17) is 14.5 Å². The summed E-state index contributed by atoms with van der Waals surface area (Å²) in [6.07, 6.45) is 2.84. The van der Waals surface area contributed by atoms with Gasteiger partial charge in [-0.3, -0.25) is 0 Å². The van der Waals surface area contributed by atoms with Crippen LogP contribution in [0.5, 0.6) is 11.5 Å². The molecule has 0 saturated carbocycles. The van der Waals surface area contributed by atoms with E-state index >= 15 is 0 Å². The van der Waals surface area contributed by atoms with E-state index in [1.54, 1.807) is 23.1 Å². The Bertz CT molecular complexity index is 1140. The zero-order valence-corrected chi connectivity index (χ0v) is 19.7. The molecular weight excluding hydrogens is 444 g/mol. The fourth-order valence-electron chi connectivity index (χ4n) is 3.35. The first-order valence-corrected chi connectivity index (χ1v) is 12.6. The minimum Gasteiger partial charge on any atom is -0.454 e. The number of thioether (sulfide) groups is 1. The van der Waals surface area contributed by atoms with Crippen LogP contribution in [0.15, 0.2) is 57.7 Å². The summed E-state index contributed by atoms with van der Waals surface area (Å²) in [5.74, 6) is 1.52. The Morgan fingerprint density at radius 1 is 1.16 bits per heavy atom. The second-order valence-corrected chi connectivity index (χ2v) is 8.79. The van der Waals surface area contributed by atoms with E-state index in [0.29, 0.717) is 13.1 Å². The summed E-state index contributed by atoms with van der Waals surface area (Å²) in [6.45, 7) is 4.06. The molecule has 0 fully saturated rings. The molecule has 0 radical (unpaired) electrons. The summed E-state index contributed by atoms with van der Waals surface area (Å²) in [5, 5.41) is 7.76. The normalized spacial score (nSPS) is 12.8. The second kappa shape index (κ2) is 10.6. The van der Waals surface area contributed by atoms with Crippen LogP contribution in [-0.2, 0) is 6.54 Å². The lowest BCUT2D eigenvalue weighted by molar-refractivity contribution is 0.174. The zero-order valence-electron chi connectivity index (χ0n) is 18.1. The lowest BCUT2D eigenvalue weighted by Gasteiger charge is -2.11. The molecule has 168 valence electrons. The van der Waals surface area contributed by atoms with Crippen molar-refractivity contribution in [2.75, 3.05) is 26.1 Å². The molecule has 3 aromatic rings. The Kier molecular flexibility index (Phi) is 7.39. The largest absolute Gasteiger partial charge is 0.454 e. The van der Waals surface area contributed by atoms with Gasteiger partial charge >= 0.3 is 6.03 Å². The summed E-state index contributed by atoms with van der Waals surface area (Å²) in [5.41, 5.74) is 3.02. The van der Waals surface area contributed by atoms with Gasteiger partial charge in [-0.15, -0.1) is 23.1 Å². The lowest BCUT2D eigenvalue weighted by Crippen LogP contribution is -2.36. The third kappa shape index (κ3) is 5.28. The van der Waals surface area contributed by atoms with Crippen LogP contribution in [0.2, 0.25) is 0 Å². The Morgan fingerprint density at radius 3 is 2.75 bits per heavy atom.